The first-order valence-electron chi connectivity index (χ1n) is 5.58. The van der Waals surface area contributed by atoms with Gasteiger partial charge in [-0.25, -0.2) is 0 Å². The summed E-state index contributed by atoms with van der Waals surface area (Å²) in [5.74, 6) is -0.0621. The summed E-state index contributed by atoms with van der Waals surface area (Å²) in [4.78, 5) is 12.1. The summed E-state index contributed by atoms with van der Waals surface area (Å²) in [6.45, 7) is 5.90. The van der Waals surface area contributed by atoms with E-state index in [2.05, 4.69) is 6.07 Å². The summed E-state index contributed by atoms with van der Waals surface area (Å²) in [5.41, 5.74) is 2.91. The Balaban J connectivity index is 3.00. The number of nitrogens with zero attached hydrogens (tertiary/aromatic N) is 1. The summed E-state index contributed by atoms with van der Waals surface area (Å²) >= 11 is 0. The van der Waals surface area contributed by atoms with Crippen LogP contribution < -0.4 is 0 Å². The van der Waals surface area contributed by atoms with Crippen LogP contribution in [0, 0.1) is 31.1 Å². The lowest BCUT2D eigenvalue weighted by molar-refractivity contribution is 0.0918. The second kappa shape index (κ2) is 5.46. The van der Waals surface area contributed by atoms with E-state index < -0.39 is 0 Å². The first-order valence-corrected chi connectivity index (χ1v) is 5.58. The van der Waals surface area contributed by atoms with Crippen molar-refractivity contribution in [3.8, 4) is 6.07 Å². The fraction of sp³-hybridized carbons (Fsp3) is 0.429. The van der Waals surface area contributed by atoms with Crippen molar-refractivity contribution in [2.45, 2.75) is 33.6 Å². The van der Waals surface area contributed by atoms with Gasteiger partial charge in [0.05, 0.1) is 6.07 Å². The number of Topliss-reactive ketones (excluding diaryl/α,β-unsaturated/α-hetero) is 1. The van der Waals surface area contributed by atoms with E-state index in [9.17, 15) is 4.79 Å². The number of carbonyl (C=O) groups is 1. The molecule has 1 aromatic carbocycles. The first kappa shape index (κ1) is 12.4. The number of rotatable bonds is 4. The van der Waals surface area contributed by atoms with E-state index in [0.29, 0.717) is 6.42 Å². The number of ketones is 1. The Kier molecular flexibility index (Phi) is 4.25. The molecule has 0 fully saturated rings. The average molecular weight is 215 g/mol. The van der Waals surface area contributed by atoms with Crippen LogP contribution in [0.1, 0.15) is 41.3 Å². The fourth-order valence-electron chi connectivity index (χ4n) is 1.84. The van der Waals surface area contributed by atoms with Crippen LogP contribution in [0.2, 0.25) is 0 Å². The van der Waals surface area contributed by atoms with Crippen LogP contribution in [0.15, 0.2) is 18.2 Å². The van der Waals surface area contributed by atoms with Crippen molar-refractivity contribution in [1.29, 1.82) is 5.26 Å². The van der Waals surface area contributed by atoms with Crippen molar-refractivity contribution in [2.75, 3.05) is 0 Å². The van der Waals surface area contributed by atoms with Crippen molar-refractivity contribution in [3.63, 3.8) is 0 Å². The normalized spacial score (nSPS) is 11.9. The molecular formula is C14H17NO. The lowest BCUT2D eigenvalue weighted by Crippen LogP contribution is -2.14. The van der Waals surface area contributed by atoms with Gasteiger partial charge in [-0.2, -0.15) is 5.26 Å². The molecule has 0 radical (unpaired) electrons. The van der Waals surface area contributed by atoms with Crippen LogP contribution in [0.4, 0.5) is 0 Å². The zero-order valence-corrected chi connectivity index (χ0v) is 10.1. The van der Waals surface area contributed by atoms with Crippen LogP contribution in [-0.2, 0) is 0 Å². The molecule has 1 aromatic rings. The van der Waals surface area contributed by atoms with Crippen LogP contribution in [0.25, 0.3) is 0 Å². The van der Waals surface area contributed by atoms with Crippen molar-refractivity contribution in [1.82, 2.24) is 0 Å². The first-order chi connectivity index (χ1) is 7.60. The second-order valence-corrected chi connectivity index (χ2v) is 4.15. The highest BCUT2D eigenvalue weighted by molar-refractivity contribution is 5.99. The Bertz CT molecular complexity index is 429. The predicted octanol–water partition coefficient (Wildman–Crippen LogP) is 3.43. The molecule has 16 heavy (non-hydrogen) atoms. The van der Waals surface area contributed by atoms with Crippen molar-refractivity contribution in [2.24, 2.45) is 5.92 Å². The van der Waals surface area contributed by atoms with E-state index in [1.165, 1.54) is 0 Å². The summed E-state index contributed by atoms with van der Waals surface area (Å²) in [6.07, 6.45) is 1.03. The monoisotopic (exact) mass is 215 g/mol. The van der Waals surface area contributed by atoms with Gasteiger partial charge in [0.2, 0.25) is 0 Å². The van der Waals surface area contributed by atoms with Crippen LogP contribution in [-0.4, -0.2) is 5.78 Å². The van der Waals surface area contributed by atoms with E-state index >= 15 is 0 Å². The third-order valence-corrected chi connectivity index (χ3v) is 2.85. The fourth-order valence-corrected chi connectivity index (χ4v) is 1.84. The molecule has 1 unspecified atom stereocenters. The van der Waals surface area contributed by atoms with Gasteiger partial charge in [-0.15, -0.1) is 0 Å². The molecule has 0 N–H and O–H groups in total. The Morgan fingerprint density at radius 2 is 2.12 bits per heavy atom. The highest BCUT2D eigenvalue weighted by Gasteiger charge is 2.19. The van der Waals surface area contributed by atoms with Gasteiger partial charge in [0.15, 0.2) is 5.78 Å². The molecule has 0 heterocycles. The van der Waals surface area contributed by atoms with Crippen molar-refractivity contribution < 1.29 is 4.79 Å². The second-order valence-electron chi connectivity index (χ2n) is 4.15. The van der Waals surface area contributed by atoms with E-state index in [1.54, 1.807) is 0 Å². The largest absolute Gasteiger partial charge is 0.294 e. The minimum atomic E-state index is -0.161. The Labute approximate surface area is 96.9 Å². The van der Waals surface area contributed by atoms with Gasteiger partial charge in [0.25, 0.3) is 0 Å². The molecule has 1 rings (SSSR count). The predicted molar refractivity (Wildman–Crippen MR) is 64.3 cm³/mol. The van der Waals surface area contributed by atoms with E-state index in [-0.39, 0.29) is 11.7 Å². The molecule has 0 aliphatic heterocycles. The molecule has 0 aliphatic rings. The molecule has 0 aliphatic carbocycles. The lowest BCUT2D eigenvalue weighted by Gasteiger charge is -2.12. The van der Waals surface area contributed by atoms with Gasteiger partial charge in [0.1, 0.15) is 0 Å². The lowest BCUT2D eigenvalue weighted by atomic mass is 9.90. The van der Waals surface area contributed by atoms with Gasteiger partial charge in [-0.05, 0) is 25.8 Å². The highest BCUT2D eigenvalue weighted by Crippen LogP contribution is 2.19. The molecule has 1 atom stereocenters. The Hall–Kier alpha value is -1.62. The third-order valence-electron chi connectivity index (χ3n) is 2.85. The summed E-state index contributed by atoms with van der Waals surface area (Å²) in [5, 5.41) is 8.67. The maximum Gasteiger partial charge on any atom is 0.167 e. The average Bonchev–Trinajstić information content (AvgIpc) is 2.25. The van der Waals surface area contributed by atoms with Crippen molar-refractivity contribution >= 4 is 5.78 Å². The smallest absolute Gasteiger partial charge is 0.167 e. The SMILES string of the molecule is CCC(CC#N)C(=O)c1ccc(C)cc1C. The minimum absolute atomic E-state index is 0.0987. The van der Waals surface area contributed by atoms with Gasteiger partial charge in [0, 0.05) is 17.9 Å². The number of aryl methyl sites for hydroxylation is 2. The molecule has 0 bridgehead atoms. The van der Waals surface area contributed by atoms with Crippen molar-refractivity contribution in [3.05, 3.63) is 34.9 Å². The zero-order valence-electron chi connectivity index (χ0n) is 10.1. The van der Waals surface area contributed by atoms with Crippen LogP contribution in [0.5, 0.6) is 0 Å². The minimum Gasteiger partial charge on any atom is -0.294 e. The Morgan fingerprint density at radius 1 is 1.44 bits per heavy atom. The van der Waals surface area contributed by atoms with E-state index in [0.717, 1.165) is 23.1 Å². The summed E-state index contributed by atoms with van der Waals surface area (Å²) in [6, 6.07) is 7.90. The summed E-state index contributed by atoms with van der Waals surface area (Å²) < 4.78 is 0. The molecule has 0 saturated heterocycles. The quantitative estimate of drug-likeness (QED) is 0.722. The topological polar surface area (TPSA) is 40.9 Å². The molecule has 0 aromatic heterocycles. The van der Waals surface area contributed by atoms with E-state index in [4.69, 9.17) is 5.26 Å². The molecule has 0 spiro atoms. The summed E-state index contributed by atoms with van der Waals surface area (Å²) in [7, 11) is 0. The van der Waals surface area contributed by atoms with Crippen LogP contribution >= 0.6 is 0 Å². The number of benzene rings is 1. The Morgan fingerprint density at radius 3 is 2.62 bits per heavy atom. The maximum absolute atomic E-state index is 12.1. The van der Waals surface area contributed by atoms with E-state index in [1.807, 2.05) is 39.0 Å². The number of hydrogen-bond acceptors (Lipinski definition) is 2. The van der Waals surface area contributed by atoms with Gasteiger partial charge in [-0.3, -0.25) is 4.79 Å². The molecule has 2 heteroatoms. The standard InChI is InChI=1S/C14H17NO/c1-4-12(7-8-15)14(16)13-6-5-10(2)9-11(13)3/h5-6,9,12H,4,7H2,1-3H3. The van der Waals surface area contributed by atoms with Crippen LogP contribution in [0.3, 0.4) is 0 Å². The zero-order chi connectivity index (χ0) is 12.1. The molecule has 2 nitrogen and oxygen atoms in total. The van der Waals surface area contributed by atoms with Gasteiger partial charge >= 0.3 is 0 Å². The maximum atomic E-state index is 12.1. The molecule has 84 valence electrons. The van der Waals surface area contributed by atoms with Gasteiger partial charge in [-0.1, -0.05) is 30.7 Å². The number of carbonyl (C=O) groups excluding carboxylic acids is 1. The van der Waals surface area contributed by atoms with Gasteiger partial charge < -0.3 is 0 Å². The number of hydrogen-bond donors (Lipinski definition) is 0. The molecular weight excluding hydrogens is 198 g/mol. The molecule has 0 amide bonds. The molecule has 0 saturated carbocycles. The number of nitriles is 1. The highest BCUT2D eigenvalue weighted by atomic mass is 16.1. The third kappa shape index (κ3) is 2.70.